The first-order valence-electron chi connectivity index (χ1n) is 10.7. The predicted octanol–water partition coefficient (Wildman–Crippen LogP) is -0.131. The molecular formula is C19H31N5O5S. The average molecular weight is 442 g/mol. The normalized spacial score (nSPS) is 35.6. The van der Waals surface area contributed by atoms with Crippen molar-refractivity contribution in [1.82, 2.24) is 20.5 Å². The van der Waals surface area contributed by atoms with E-state index >= 15 is 0 Å². The number of nitrogens with zero attached hydrogens (tertiary/aromatic N) is 2. The monoisotopic (exact) mass is 441 g/mol. The number of hydrogen-bond acceptors (Lipinski definition) is 7. The Balaban J connectivity index is 1.55. The first-order valence-corrected chi connectivity index (χ1v) is 12.2. The van der Waals surface area contributed by atoms with Crippen LogP contribution in [0.3, 0.4) is 0 Å². The Morgan fingerprint density at radius 3 is 2.63 bits per heavy atom. The van der Waals surface area contributed by atoms with Crippen LogP contribution in [0.2, 0.25) is 0 Å². The van der Waals surface area contributed by atoms with Crippen molar-refractivity contribution in [2.45, 2.75) is 75.3 Å². The van der Waals surface area contributed by atoms with Crippen molar-refractivity contribution >= 4 is 27.5 Å². The summed E-state index contributed by atoms with van der Waals surface area (Å²) in [6.07, 6.45) is 3.21. The lowest BCUT2D eigenvalue weighted by molar-refractivity contribution is -0.141. The maximum Gasteiger partial charge on any atom is 0.267 e. The van der Waals surface area contributed by atoms with Gasteiger partial charge < -0.3 is 5.32 Å². The summed E-state index contributed by atoms with van der Waals surface area (Å²) in [6.45, 7) is 4.11. The molecule has 5 atom stereocenters. The van der Waals surface area contributed by atoms with E-state index in [0.29, 0.717) is 18.6 Å². The van der Waals surface area contributed by atoms with Gasteiger partial charge in [0.1, 0.15) is 11.8 Å². The summed E-state index contributed by atoms with van der Waals surface area (Å²) < 4.78 is 28.6. The molecule has 5 unspecified atom stereocenters. The Morgan fingerprint density at radius 1 is 1.30 bits per heavy atom. The molecule has 1 saturated heterocycles. The zero-order chi connectivity index (χ0) is 21.7. The molecular weight excluding hydrogens is 410 g/mol. The SMILES string of the molecule is CNC(=O)C1=NN(CC2CC(C)NO2)C(=O)C2CC(S(=O)(=O)NC3(C)CC3)CCC12. The summed E-state index contributed by atoms with van der Waals surface area (Å²) in [4.78, 5) is 31.2. The fourth-order valence-corrected chi connectivity index (χ4v) is 6.62. The molecule has 2 saturated carbocycles. The second-order valence-corrected chi connectivity index (χ2v) is 11.3. The van der Waals surface area contributed by atoms with Crippen LogP contribution in [0.15, 0.2) is 5.10 Å². The quantitative estimate of drug-likeness (QED) is 0.527. The molecule has 2 heterocycles. The molecule has 2 aliphatic heterocycles. The standard InChI is InChI=1S/C19H31N5O5S/c1-11-8-12(29-22-11)10-24-18(26)15-9-13(30(27,28)23-19(2)6-7-19)4-5-14(15)16(21-24)17(25)20-3/h11-15,22-23H,4-10H2,1-3H3,(H,20,25). The molecule has 168 valence electrons. The van der Waals surface area contributed by atoms with Gasteiger partial charge in [-0.15, -0.1) is 0 Å². The van der Waals surface area contributed by atoms with Gasteiger partial charge >= 0.3 is 0 Å². The highest BCUT2D eigenvalue weighted by molar-refractivity contribution is 7.90. The van der Waals surface area contributed by atoms with Crippen molar-refractivity contribution in [1.29, 1.82) is 0 Å². The molecule has 4 rings (SSSR count). The molecule has 0 radical (unpaired) electrons. The third-order valence-corrected chi connectivity index (χ3v) is 8.75. The molecule has 0 aromatic rings. The summed E-state index contributed by atoms with van der Waals surface area (Å²) in [5.41, 5.74) is 2.83. The van der Waals surface area contributed by atoms with Crippen LogP contribution in [-0.4, -0.2) is 67.5 Å². The molecule has 0 aromatic heterocycles. The first-order chi connectivity index (χ1) is 14.1. The average Bonchev–Trinajstić information content (AvgIpc) is 3.27. The van der Waals surface area contributed by atoms with Gasteiger partial charge in [0.25, 0.3) is 5.91 Å². The molecule has 10 nitrogen and oxygen atoms in total. The Bertz CT molecular complexity index is 855. The molecule has 3 fully saturated rings. The topological polar surface area (TPSA) is 129 Å². The largest absolute Gasteiger partial charge is 0.354 e. The van der Waals surface area contributed by atoms with Gasteiger partial charge in [-0.2, -0.15) is 10.6 Å². The van der Waals surface area contributed by atoms with Gasteiger partial charge in [0.15, 0.2) is 0 Å². The van der Waals surface area contributed by atoms with E-state index in [1.165, 1.54) is 12.1 Å². The van der Waals surface area contributed by atoms with E-state index < -0.39 is 21.2 Å². The minimum atomic E-state index is -3.54. The van der Waals surface area contributed by atoms with Crippen LogP contribution in [0.25, 0.3) is 0 Å². The van der Waals surface area contributed by atoms with E-state index in [-0.39, 0.29) is 48.4 Å². The number of carbonyl (C=O) groups is 2. The highest BCUT2D eigenvalue weighted by atomic mass is 32.2. The zero-order valence-corrected chi connectivity index (χ0v) is 18.5. The molecule has 0 bridgehead atoms. The Labute approximate surface area is 177 Å². The fraction of sp³-hybridized carbons (Fsp3) is 0.842. The predicted molar refractivity (Wildman–Crippen MR) is 110 cm³/mol. The van der Waals surface area contributed by atoms with E-state index in [4.69, 9.17) is 4.84 Å². The lowest BCUT2D eigenvalue weighted by Gasteiger charge is -2.40. The number of hydroxylamine groups is 1. The second kappa shape index (κ2) is 7.85. The molecule has 30 heavy (non-hydrogen) atoms. The number of nitrogens with one attached hydrogen (secondary N) is 3. The number of hydrazone groups is 1. The van der Waals surface area contributed by atoms with E-state index in [0.717, 1.165) is 19.3 Å². The number of sulfonamides is 1. The molecule has 0 spiro atoms. The third kappa shape index (κ3) is 4.25. The van der Waals surface area contributed by atoms with Crippen LogP contribution in [0, 0.1) is 11.8 Å². The van der Waals surface area contributed by atoms with Gasteiger partial charge in [0.2, 0.25) is 15.9 Å². The summed E-state index contributed by atoms with van der Waals surface area (Å²) in [6, 6.07) is 0.170. The van der Waals surface area contributed by atoms with E-state index in [2.05, 4.69) is 20.6 Å². The zero-order valence-electron chi connectivity index (χ0n) is 17.7. The summed E-state index contributed by atoms with van der Waals surface area (Å²) in [5, 5.41) is 7.64. The maximum absolute atomic E-state index is 13.3. The number of rotatable bonds is 6. The highest BCUT2D eigenvalue weighted by Crippen LogP contribution is 2.41. The summed E-state index contributed by atoms with van der Waals surface area (Å²) >= 11 is 0. The minimum Gasteiger partial charge on any atom is -0.354 e. The number of hydrogen-bond donors (Lipinski definition) is 3. The summed E-state index contributed by atoms with van der Waals surface area (Å²) in [7, 11) is -2.01. The molecule has 2 aliphatic carbocycles. The van der Waals surface area contributed by atoms with E-state index in [1.807, 2.05) is 13.8 Å². The Hall–Kier alpha value is -1.56. The Morgan fingerprint density at radius 2 is 2.03 bits per heavy atom. The van der Waals surface area contributed by atoms with E-state index in [1.54, 1.807) is 0 Å². The number of amides is 2. The van der Waals surface area contributed by atoms with Crippen LogP contribution in [0.5, 0.6) is 0 Å². The van der Waals surface area contributed by atoms with Gasteiger partial charge in [-0.1, -0.05) is 0 Å². The van der Waals surface area contributed by atoms with E-state index in [9.17, 15) is 18.0 Å². The lowest BCUT2D eigenvalue weighted by Crippen LogP contribution is -2.54. The van der Waals surface area contributed by atoms with Crippen LogP contribution < -0.4 is 15.5 Å². The number of carbonyl (C=O) groups excluding carboxylic acids is 2. The van der Waals surface area contributed by atoms with Crippen molar-refractivity contribution in [2.75, 3.05) is 13.6 Å². The fourth-order valence-electron chi connectivity index (χ4n) is 4.66. The van der Waals surface area contributed by atoms with Gasteiger partial charge in [-0.25, -0.2) is 18.1 Å². The minimum absolute atomic E-state index is 0.170. The first kappa shape index (κ1) is 21.7. The van der Waals surface area contributed by atoms with Crippen molar-refractivity contribution in [3.05, 3.63) is 0 Å². The van der Waals surface area contributed by atoms with Crippen LogP contribution in [-0.2, 0) is 24.4 Å². The molecule has 4 aliphatic rings. The molecule has 0 aromatic carbocycles. The van der Waals surface area contributed by atoms with Crippen molar-refractivity contribution in [3.8, 4) is 0 Å². The third-order valence-electron chi connectivity index (χ3n) is 6.67. The second-order valence-electron chi connectivity index (χ2n) is 9.33. The highest BCUT2D eigenvalue weighted by Gasteiger charge is 2.50. The lowest BCUT2D eigenvalue weighted by atomic mass is 9.74. The van der Waals surface area contributed by atoms with Crippen molar-refractivity contribution < 1.29 is 22.8 Å². The molecule has 3 N–H and O–H groups in total. The van der Waals surface area contributed by atoms with Crippen molar-refractivity contribution in [3.63, 3.8) is 0 Å². The van der Waals surface area contributed by atoms with Gasteiger partial charge in [0.05, 0.1) is 11.8 Å². The molecule has 11 heteroatoms. The van der Waals surface area contributed by atoms with Gasteiger partial charge in [0, 0.05) is 30.5 Å². The van der Waals surface area contributed by atoms with Crippen LogP contribution in [0.1, 0.15) is 52.4 Å². The summed E-state index contributed by atoms with van der Waals surface area (Å²) in [5.74, 6) is -1.50. The van der Waals surface area contributed by atoms with Crippen LogP contribution in [0.4, 0.5) is 0 Å². The Kier molecular flexibility index (Phi) is 5.67. The number of fused-ring (bicyclic) bond motifs is 1. The molecule has 2 amide bonds. The van der Waals surface area contributed by atoms with Gasteiger partial charge in [-0.3, -0.25) is 14.4 Å². The van der Waals surface area contributed by atoms with Gasteiger partial charge in [-0.05, 0) is 52.4 Å². The van der Waals surface area contributed by atoms with Crippen molar-refractivity contribution in [2.24, 2.45) is 16.9 Å². The maximum atomic E-state index is 13.3. The van der Waals surface area contributed by atoms with Crippen LogP contribution >= 0.6 is 0 Å². The smallest absolute Gasteiger partial charge is 0.267 e.